The second kappa shape index (κ2) is 5.48. The first kappa shape index (κ1) is 13.7. The van der Waals surface area contributed by atoms with Crippen LogP contribution in [-0.4, -0.2) is 21.9 Å². The average molecular weight is 263 g/mol. The Morgan fingerprint density at radius 3 is 2.37 bits per heavy atom. The summed E-state index contributed by atoms with van der Waals surface area (Å²) >= 11 is 0. The van der Waals surface area contributed by atoms with Crippen molar-refractivity contribution < 1.29 is 14.8 Å². The van der Waals surface area contributed by atoms with Gasteiger partial charge in [-0.25, -0.2) is 0 Å². The van der Waals surface area contributed by atoms with Gasteiger partial charge in [0, 0.05) is 18.6 Å². The monoisotopic (exact) mass is 263 g/mol. The fourth-order valence-corrected chi connectivity index (χ4v) is 2.72. The summed E-state index contributed by atoms with van der Waals surface area (Å²) in [6.45, 7) is 0. The van der Waals surface area contributed by atoms with Crippen LogP contribution in [0.25, 0.3) is 0 Å². The Balaban J connectivity index is 2.01. The van der Waals surface area contributed by atoms with E-state index < -0.39 is 10.5 Å². The molecule has 0 spiro atoms. The van der Waals surface area contributed by atoms with E-state index in [0.29, 0.717) is 18.8 Å². The lowest BCUT2D eigenvalue weighted by atomic mass is 9.75. The minimum absolute atomic E-state index is 0.0945. The Labute approximate surface area is 111 Å². The highest BCUT2D eigenvalue weighted by atomic mass is 16.6. The molecule has 1 aromatic rings. The van der Waals surface area contributed by atoms with Gasteiger partial charge in [0.05, 0.1) is 10.5 Å². The number of aliphatic hydroxyl groups is 1. The third-order valence-electron chi connectivity index (χ3n) is 3.95. The number of aldehydes is 1. The first-order chi connectivity index (χ1) is 9.04. The molecule has 0 radical (unpaired) electrons. The van der Waals surface area contributed by atoms with E-state index in [-0.39, 0.29) is 12.1 Å². The molecule has 5 nitrogen and oxygen atoms in total. The van der Waals surface area contributed by atoms with Crippen LogP contribution < -0.4 is 0 Å². The van der Waals surface area contributed by atoms with Crippen LogP contribution in [-0.2, 0) is 4.79 Å². The van der Waals surface area contributed by atoms with Crippen molar-refractivity contribution in [1.82, 2.24) is 0 Å². The predicted molar refractivity (Wildman–Crippen MR) is 69.9 cm³/mol. The molecule has 1 saturated carbocycles. The molecular formula is C14H17NO4. The summed E-state index contributed by atoms with van der Waals surface area (Å²) in [5, 5.41) is 20.7. The maximum atomic E-state index is 10.6. The second-order valence-corrected chi connectivity index (χ2v) is 5.22. The van der Waals surface area contributed by atoms with Gasteiger partial charge in [-0.2, -0.15) is 0 Å². The van der Waals surface area contributed by atoms with Crippen LogP contribution in [0.3, 0.4) is 0 Å². The van der Waals surface area contributed by atoms with Gasteiger partial charge in [-0.15, -0.1) is 0 Å². The molecule has 1 aromatic carbocycles. The van der Waals surface area contributed by atoms with Crippen LogP contribution in [0.4, 0.5) is 5.69 Å². The summed E-state index contributed by atoms with van der Waals surface area (Å²) in [5.41, 5.74) is 0.315. The smallest absolute Gasteiger partial charge is 0.269 e. The number of carbonyl (C=O) groups is 1. The average Bonchev–Trinajstić information content (AvgIpc) is 2.40. The minimum atomic E-state index is -0.848. The van der Waals surface area contributed by atoms with Crippen molar-refractivity contribution in [2.24, 2.45) is 0 Å². The Bertz CT molecular complexity index is 461. The van der Waals surface area contributed by atoms with Gasteiger partial charge in [0.1, 0.15) is 6.29 Å². The van der Waals surface area contributed by atoms with Gasteiger partial charge < -0.3 is 9.90 Å². The molecule has 0 atom stereocenters. The Morgan fingerprint density at radius 1 is 1.32 bits per heavy atom. The summed E-state index contributed by atoms with van der Waals surface area (Å²) in [6.07, 6.45) is 3.79. The molecule has 0 amide bonds. The normalized spacial score (nSPS) is 26.9. The molecule has 0 heterocycles. The fraction of sp³-hybridized carbons (Fsp3) is 0.500. The standard InChI is InChI=1S/C14H17NO4/c16-10-9-14(17)7-5-12(6-8-14)11-1-3-13(4-2-11)15(18)19/h1-4,10,12,17H,5-9H2. The van der Waals surface area contributed by atoms with Crippen LogP contribution >= 0.6 is 0 Å². The van der Waals surface area contributed by atoms with Crippen LogP contribution in [0.15, 0.2) is 24.3 Å². The van der Waals surface area contributed by atoms with Crippen molar-refractivity contribution in [2.75, 3.05) is 0 Å². The number of nitro benzene ring substituents is 1. The third kappa shape index (κ3) is 3.17. The SMILES string of the molecule is O=CCC1(O)CCC(c2ccc([N+](=O)[O-])cc2)CC1. The number of nitrogens with zero attached hydrogens (tertiary/aromatic N) is 1. The van der Waals surface area contributed by atoms with E-state index in [1.165, 1.54) is 12.1 Å². The molecule has 0 saturated heterocycles. The molecule has 1 aliphatic rings. The van der Waals surface area contributed by atoms with Gasteiger partial charge in [0.2, 0.25) is 0 Å². The molecule has 102 valence electrons. The molecule has 1 N–H and O–H groups in total. The molecule has 0 aliphatic heterocycles. The summed E-state index contributed by atoms with van der Waals surface area (Å²) in [5.74, 6) is 0.313. The minimum Gasteiger partial charge on any atom is -0.389 e. The van der Waals surface area contributed by atoms with Crippen LogP contribution in [0.1, 0.15) is 43.6 Å². The van der Waals surface area contributed by atoms with Crippen molar-refractivity contribution in [3.05, 3.63) is 39.9 Å². The molecule has 1 aliphatic carbocycles. The maximum Gasteiger partial charge on any atom is 0.269 e. The van der Waals surface area contributed by atoms with Crippen LogP contribution in [0.2, 0.25) is 0 Å². The fourth-order valence-electron chi connectivity index (χ4n) is 2.72. The van der Waals surface area contributed by atoms with E-state index >= 15 is 0 Å². The van der Waals surface area contributed by atoms with Crippen LogP contribution in [0, 0.1) is 10.1 Å². The number of rotatable bonds is 4. The largest absolute Gasteiger partial charge is 0.389 e. The van der Waals surface area contributed by atoms with Gasteiger partial charge in [0.25, 0.3) is 5.69 Å². The lowest BCUT2D eigenvalue weighted by molar-refractivity contribution is -0.384. The summed E-state index contributed by atoms with van der Waals surface area (Å²) in [6, 6.07) is 6.60. The van der Waals surface area contributed by atoms with E-state index in [0.717, 1.165) is 24.7 Å². The number of hydrogen-bond donors (Lipinski definition) is 1. The van der Waals surface area contributed by atoms with Gasteiger partial charge in [-0.05, 0) is 37.2 Å². The molecule has 0 bridgehead atoms. The number of nitro groups is 1. The van der Waals surface area contributed by atoms with Crippen molar-refractivity contribution >= 4 is 12.0 Å². The highest BCUT2D eigenvalue weighted by Gasteiger charge is 2.33. The highest BCUT2D eigenvalue weighted by molar-refractivity contribution is 5.51. The topological polar surface area (TPSA) is 80.4 Å². The van der Waals surface area contributed by atoms with Gasteiger partial charge in [-0.3, -0.25) is 10.1 Å². The summed E-state index contributed by atoms with van der Waals surface area (Å²) < 4.78 is 0. The molecule has 19 heavy (non-hydrogen) atoms. The zero-order chi connectivity index (χ0) is 13.9. The molecule has 2 rings (SSSR count). The quantitative estimate of drug-likeness (QED) is 0.514. The Kier molecular flexibility index (Phi) is 3.95. The van der Waals surface area contributed by atoms with Gasteiger partial charge >= 0.3 is 0 Å². The van der Waals surface area contributed by atoms with E-state index in [1.54, 1.807) is 12.1 Å². The van der Waals surface area contributed by atoms with Crippen LogP contribution in [0.5, 0.6) is 0 Å². The Hall–Kier alpha value is -1.75. The molecule has 5 heteroatoms. The van der Waals surface area contributed by atoms with E-state index in [4.69, 9.17) is 0 Å². The number of hydrogen-bond acceptors (Lipinski definition) is 4. The Morgan fingerprint density at radius 2 is 1.89 bits per heavy atom. The highest BCUT2D eigenvalue weighted by Crippen LogP contribution is 2.39. The van der Waals surface area contributed by atoms with Crippen molar-refractivity contribution in [3.63, 3.8) is 0 Å². The van der Waals surface area contributed by atoms with Gasteiger partial charge in [-0.1, -0.05) is 12.1 Å². The zero-order valence-corrected chi connectivity index (χ0v) is 10.6. The summed E-state index contributed by atoms with van der Waals surface area (Å²) in [4.78, 5) is 20.7. The lowest BCUT2D eigenvalue weighted by Gasteiger charge is -2.35. The molecular weight excluding hydrogens is 246 g/mol. The van der Waals surface area contributed by atoms with Crippen molar-refractivity contribution in [3.8, 4) is 0 Å². The van der Waals surface area contributed by atoms with E-state index in [1.807, 2.05) is 0 Å². The zero-order valence-electron chi connectivity index (χ0n) is 10.6. The molecule has 0 aromatic heterocycles. The van der Waals surface area contributed by atoms with Crippen molar-refractivity contribution in [2.45, 2.75) is 43.6 Å². The first-order valence-electron chi connectivity index (χ1n) is 6.44. The molecule has 0 unspecified atom stereocenters. The number of non-ortho nitro benzene ring substituents is 1. The third-order valence-corrected chi connectivity index (χ3v) is 3.95. The predicted octanol–water partition coefficient (Wildman–Crippen LogP) is 2.57. The first-order valence-corrected chi connectivity index (χ1v) is 6.44. The lowest BCUT2D eigenvalue weighted by Crippen LogP contribution is -2.33. The summed E-state index contributed by atoms with van der Waals surface area (Å²) in [7, 11) is 0. The second-order valence-electron chi connectivity index (χ2n) is 5.22. The van der Waals surface area contributed by atoms with Crippen molar-refractivity contribution in [1.29, 1.82) is 0 Å². The number of benzene rings is 1. The molecule has 1 fully saturated rings. The van der Waals surface area contributed by atoms with E-state index in [2.05, 4.69) is 0 Å². The number of carbonyl (C=O) groups excluding carboxylic acids is 1. The van der Waals surface area contributed by atoms with E-state index in [9.17, 15) is 20.0 Å². The maximum absolute atomic E-state index is 10.6. The van der Waals surface area contributed by atoms with Gasteiger partial charge in [0.15, 0.2) is 0 Å².